The second-order valence-corrected chi connectivity index (χ2v) is 7.72. The molecule has 0 aromatic carbocycles. The maximum atomic E-state index is 8.98. The van der Waals surface area contributed by atoms with E-state index >= 15 is 0 Å². The first-order valence-electron chi connectivity index (χ1n) is 11.1. The zero-order valence-electron chi connectivity index (χ0n) is 18.3. The van der Waals surface area contributed by atoms with E-state index in [4.69, 9.17) is 10.00 Å². The van der Waals surface area contributed by atoms with Crippen molar-refractivity contribution >= 4 is 11.7 Å². The van der Waals surface area contributed by atoms with Gasteiger partial charge in [-0.1, -0.05) is 13.0 Å². The summed E-state index contributed by atoms with van der Waals surface area (Å²) >= 11 is 0. The molecule has 4 rings (SSSR count). The topological polar surface area (TPSA) is 111 Å². The molecule has 0 aliphatic carbocycles. The molecule has 2 aromatic rings. The molecule has 9 nitrogen and oxygen atoms in total. The Bertz CT molecular complexity index is 1020. The van der Waals surface area contributed by atoms with Crippen LogP contribution in [0.15, 0.2) is 47.5 Å². The predicted octanol–water partition coefficient (Wildman–Crippen LogP) is 2.69. The summed E-state index contributed by atoms with van der Waals surface area (Å²) in [5, 5.41) is 15.9. The highest BCUT2D eigenvalue weighted by Gasteiger charge is 2.21. The van der Waals surface area contributed by atoms with E-state index in [1.54, 1.807) is 18.6 Å². The number of ether oxygens (including phenoxy) is 1. The van der Waals surface area contributed by atoms with Crippen LogP contribution in [0.25, 0.3) is 0 Å². The minimum Gasteiger partial charge on any atom is -0.470 e. The summed E-state index contributed by atoms with van der Waals surface area (Å²) < 4.78 is 5.56. The number of hydrogen-bond acceptors (Lipinski definition) is 9. The molecule has 0 radical (unpaired) electrons. The molecule has 4 heterocycles. The van der Waals surface area contributed by atoms with Crippen LogP contribution >= 0.6 is 0 Å². The van der Waals surface area contributed by atoms with E-state index in [-0.39, 0.29) is 5.82 Å². The zero-order chi connectivity index (χ0) is 22.2. The number of likely N-dealkylation sites (tertiary alicyclic amines) is 1. The number of aromatic nitrogens is 3. The number of rotatable bonds is 7. The van der Waals surface area contributed by atoms with Gasteiger partial charge in [-0.25, -0.2) is 15.0 Å². The van der Waals surface area contributed by atoms with Crippen LogP contribution in [-0.4, -0.2) is 58.1 Å². The fourth-order valence-electron chi connectivity index (χ4n) is 4.04. The van der Waals surface area contributed by atoms with Gasteiger partial charge < -0.3 is 20.3 Å². The van der Waals surface area contributed by atoms with Gasteiger partial charge in [0.05, 0.1) is 5.56 Å². The first-order valence-corrected chi connectivity index (χ1v) is 11.1. The Morgan fingerprint density at radius 2 is 2.19 bits per heavy atom. The van der Waals surface area contributed by atoms with Crippen LogP contribution in [-0.2, 0) is 0 Å². The molecule has 0 spiro atoms. The molecule has 32 heavy (non-hydrogen) atoms. The summed E-state index contributed by atoms with van der Waals surface area (Å²) in [4.78, 5) is 19.3. The molecule has 1 fully saturated rings. The summed E-state index contributed by atoms with van der Waals surface area (Å²) in [7, 11) is 0. The SMILES string of the molecule is CC/C=C(\CCNC1=NCOc2ccncc21)N1CCC(Nc2ccnc(C#N)n2)CC1. The van der Waals surface area contributed by atoms with E-state index < -0.39 is 0 Å². The average molecular weight is 433 g/mol. The molecule has 2 aliphatic heterocycles. The Hall–Kier alpha value is -3.67. The van der Waals surface area contributed by atoms with E-state index in [0.717, 1.165) is 68.3 Å². The largest absolute Gasteiger partial charge is 0.470 e. The first kappa shape index (κ1) is 21.6. The molecule has 0 saturated carbocycles. The third-order valence-electron chi connectivity index (χ3n) is 5.60. The summed E-state index contributed by atoms with van der Waals surface area (Å²) in [6.45, 7) is 5.28. The minimum atomic E-state index is 0.195. The predicted molar refractivity (Wildman–Crippen MR) is 122 cm³/mol. The molecule has 0 amide bonds. The minimum absolute atomic E-state index is 0.195. The third-order valence-corrected chi connectivity index (χ3v) is 5.60. The lowest BCUT2D eigenvalue weighted by molar-refractivity contribution is 0.263. The van der Waals surface area contributed by atoms with E-state index in [9.17, 15) is 0 Å². The Kier molecular flexibility index (Phi) is 7.12. The van der Waals surface area contributed by atoms with Gasteiger partial charge >= 0.3 is 0 Å². The molecule has 9 heteroatoms. The van der Waals surface area contributed by atoms with Gasteiger partial charge in [-0.3, -0.25) is 4.98 Å². The summed E-state index contributed by atoms with van der Waals surface area (Å²) in [6.07, 6.45) is 11.4. The van der Waals surface area contributed by atoms with E-state index in [1.165, 1.54) is 5.70 Å². The molecule has 0 unspecified atom stereocenters. The van der Waals surface area contributed by atoms with Crippen LogP contribution in [0, 0.1) is 11.3 Å². The van der Waals surface area contributed by atoms with Gasteiger partial charge in [0.15, 0.2) is 6.73 Å². The molecule has 2 aliphatic rings. The van der Waals surface area contributed by atoms with Crippen molar-refractivity contribution < 1.29 is 4.74 Å². The number of aliphatic imine (C=N–C) groups is 1. The van der Waals surface area contributed by atoms with Gasteiger partial charge in [0.25, 0.3) is 0 Å². The zero-order valence-corrected chi connectivity index (χ0v) is 18.3. The summed E-state index contributed by atoms with van der Waals surface area (Å²) in [5.74, 6) is 2.58. The standard InChI is InChI=1S/C23H28N8O/c1-2-3-18(4-10-27-23-19-15-25-9-5-20(19)32-16-28-23)31-12-7-17(8-13-31)29-21-6-11-26-22(14-24)30-21/h3,5-6,9,11,15,17H,2,4,7-8,10,12-13,16H2,1H3,(H,27,28)(H,26,29,30)/b18-3+. The molecule has 2 N–H and O–H groups in total. The van der Waals surface area contributed by atoms with Crippen molar-refractivity contribution in [2.75, 3.05) is 31.7 Å². The number of pyridine rings is 1. The first-order chi connectivity index (χ1) is 15.8. The lowest BCUT2D eigenvalue weighted by atomic mass is 10.0. The van der Waals surface area contributed by atoms with Crippen molar-refractivity contribution in [2.24, 2.45) is 4.99 Å². The van der Waals surface area contributed by atoms with Crippen molar-refractivity contribution in [3.8, 4) is 11.8 Å². The Morgan fingerprint density at radius 1 is 1.31 bits per heavy atom. The third kappa shape index (κ3) is 5.32. The maximum absolute atomic E-state index is 8.98. The highest BCUT2D eigenvalue weighted by atomic mass is 16.5. The molecule has 1 saturated heterocycles. The van der Waals surface area contributed by atoms with Gasteiger partial charge in [-0.15, -0.1) is 0 Å². The maximum Gasteiger partial charge on any atom is 0.234 e. The quantitative estimate of drug-likeness (QED) is 0.687. The van der Waals surface area contributed by atoms with Crippen molar-refractivity contribution in [1.29, 1.82) is 5.26 Å². The molecule has 166 valence electrons. The Morgan fingerprint density at radius 3 is 3.00 bits per heavy atom. The van der Waals surface area contributed by atoms with Gasteiger partial charge in [0.1, 0.15) is 23.5 Å². The smallest absolute Gasteiger partial charge is 0.234 e. The van der Waals surface area contributed by atoms with Crippen LogP contribution in [0.4, 0.5) is 5.82 Å². The number of allylic oxidation sites excluding steroid dienone is 1. The van der Waals surface area contributed by atoms with Crippen LogP contribution < -0.4 is 15.4 Å². The second kappa shape index (κ2) is 10.6. The van der Waals surface area contributed by atoms with Gasteiger partial charge in [0, 0.05) is 56.4 Å². The highest BCUT2D eigenvalue weighted by Crippen LogP contribution is 2.22. The summed E-state index contributed by atoms with van der Waals surface area (Å²) in [5.41, 5.74) is 2.28. The van der Waals surface area contributed by atoms with Gasteiger partial charge in [-0.2, -0.15) is 5.26 Å². The molecular weight excluding hydrogens is 404 g/mol. The van der Waals surface area contributed by atoms with Crippen molar-refractivity contribution in [3.63, 3.8) is 0 Å². The van der Waals surface area contributed by atoms with E-state index in [2.05, 4.69) is 48.5 Å². The van der Waals surface area contributed by atoms with Crippen molar-refractivity contribution in [2.45, 2.75) is 38.6 Å². The fraction of sp³-hybridized carbons (Fsp3) is 0.435. The molecular formula is C23H28N8O. The fourth-order valence-corrected chi connectivity index (χ4v) is 4.04. The highest BCUT2D eigenvalue weighted by molar-refractivity contribution is 6.01. The number of hydrogen-bond donors (Lipinski definition) is 2. The lowest BCUT2D eigenvalue weighted by Gasteiger charge is -2.36. The Balaban J connectivity index is 1.28. The van der Waals surface area contributed by atoms with Crippen LogP contribution in [0.5, 0.6) is 5.75 Å². The number of nitriles is 1. The normalized spacial score (nSPS) is 16.4. The number of amidine groups is 1. The number of nitrogens with zero attached hydrogens (tertiary/aromatic N) is 6. The van der Waals surface area contributed by atoms with E-state index in [0.29, 0.717) is 12.8 Å². The lowest BCUT2D eigenvalue weighted by Crippen LogP contribution is -2.39. The number of fused-ring (bicyclic) bond motifs is 1. The van der Waals surface area contributed by atoms with Gasteiger partial charge in [-0.05, 0) is 31.4 Å². The van der Waals surface area contributed by atoms with Crippen molar-refractivity contribution in [3.05, 3.63) is 53.9 Å². The molecule has 2 aromatic heterocycles. The van der Waals surface area contributed by atoms with Crippen LogP contribution in [0.3, 0.4) is 0 Å². The second-order valence-electron chi connectivity index (χ2n) is 7.72. The average Bonchev–Trinajstić information content (AvgIpc) is 2.84. The van der Waals surface area contributed by atoms with E-state index in [1.807, 2.05) is 18.2 Å². The Labute approximate surface area is 188 Å². The summed E-state index contributed by atoms with van der Waals surface area (Å²) in [6, 6.07) is 6.01. The van der Waals surface area contributed by atoms with Gasteiger partial charge in [0.2, 0.25) is 5.82 Å². The number of piperidine rings is 1. The van der Waals surface area contributed by atoms with Crippen LogP contribution in [0.2, 0.25) is 0 Å². The number of anilines is 1. The number of nitrogens with one attached hydrogen (secondary N) is 2. The van der Waals surface area contributed by atoms with Crippen molar-refractivity contribution in [1.82, 2.24) is 25.2 Å². The monoisotopic (exact) mass is 432 g/mol. The van der Waals surface area contributed by atoms with Crippen LogP contribution in [0.1, 0.15) is 44.0 Å². The molecule has 0 atom stereocenters. The molecule has 0 bridgehead atoms.